The molecule has 0 spiro atoms. The van der Waals surface area contributed by atoms with Gasteiger partial charge in [-0.15, -0.1) is 29.3 Å². The van der Waals surface area contributed by atoms with E-state index in [0.29, 0.717) is 11.4 Å². The first-order valence-corrected chi connectivity index (χ1v) is 22.4. The molecule has 0 amide bonds. The third-order valence-electron chi connectivity index (χ3n) is 12.6. The molecule has 0 aliphatic heterocycles. The maximum Gasteiger partial charge on any atom is 0.148 e. The molecule has 0 aliphatic rings. The number of hydrogen-bond donors (Lipinski definition) is 1. The number of aromatic nitrogens is 3. The van der Waals surface area contributed by atoms with E-state index in [4.69, 9.17) is 9.97 Å². The van der Waals surface area contributed by atoms with Crippen LogP contribution in [0.4, 0.5) is 0 Å². The molecule has 1 atom stereocenters. The van der Waals surface area contributed by atoms with Crippen LogP contribution in [-0.4, -0.2) is 19.6 Å². The first-order valence-electron chi connectivity index (χ1n) is 22.9. The summed E-state index contributed by atoms with van der Waals surface area (Å²) in [5.41, 5.74) is 13.5. The number of phenolic OH excluding ortho intramolecular Hbond substituents is 1. The summed E-state index contributed by atoms with van der Waals surface area (Å²) in [6.07, 6.45) is 1.87. The predicted molar refractivity (Wildman–Crippen MR) is 269 cm³/mol. The minimum absolute atomic E-state index is 0. The summed E-state index contributed by atoms with van der Waals surface area (Å²) in [5, 5.41) is 14.6. The topological polar surface area (TPSA) is 50.9 Å². The Labute approximate surface area is 401 Å². The van der Waals surface area contributed by atoms with E-state index in [1.54, 1.807) is 0 Å². The number of phenols is 1. The Morgan fingerprint density at radius 1 is 0.600 bits per heavy atom. The Morgan fingerprint density at radius 2 is 1.23 bits per heavy atom. The summed E-state index contributed by atoms with van der Waals surface area (Å²) in [5.74, 6) is 0.0561. The number of hydrogen-bond acceptors (Lipinski definition) is 3. The van der Waals surface area contributed by atoms with Crippen molar-refractivity contribution in [3.8, 4) is 56.3 Å². The second kappa shape index (κ2) is 17.4. The van der Waals surface area contributed by atoms with Crippen molar-refractivity contribution in [3.63, 3.8) is 0 Å². The van der Waals surface area contributed by atoms with Crippen LogP contribution in [0.5, 0.6) is 5.75 Å². The molecule has 1 N–H and O–H groups in total. The predicted octanol–water partition coefficient (Wildman–Crippen LogP) is 15.8. The van der Waals surface area contributed by atoms with Crippen LogP contribution in [0, 0.1) is 6.07 Å². The number of fused-ring (bicyclic) bond motifs is 2. The molecule has 330 valence electrons. The summed E-state index contributed by atoms with van der Waals surface area (Å²) in [4.78, 5) is 10.5. The monoisotopic (exact) mass is 1030 g/mol. The third kappa shape index (κ3) is 8.86. The molecule has 9 rings (SSSR count). The first kappa shape index (κ1) is 44.1. The van der Waals surface area contributed by atoms with Crippen molar-refractivity contribution in [1.82, 2.24) is 14.5 Å². The minimum Gasteiger partial charge on any atom is -0.507 e. The molecule has 9 aromatic rings. The van der Waals surface area contributed by atoms with E-state index in [1.165, 1.54) is 0 Å². The van der Waals surface area contributed by atoms with Crippen LogP contribution in [0.15, 0.2) is 158 Å². The van der Waals surface area contributed by atoms with Crippen molar-refractivity contribution in [2.45, 2.75) is 91.4 Å². The van der Waals surface area contributed by atoms with Crippen LogP contribution < -0.4 is 0 Å². The second-order valence-corrected chi connectivity index (χ2v) is 20.3. The summed E-state index contributed by atoms with van der Waals surface area (Å²) < 4.78 is 11.5. The maximum atomic E-state index is 12.4. The molecule has 0 bridgehead atoms. The van der Waals surface area contributed by atoms with Crippen molar-refractivity contribution >= 4 is 21.8 Å². The van der Waals surface area contributed by atoms with E-state index in [0.717, 1.165) is 88.8 Å². The van der Waals surface area contributed by atoms with Gasteiger partial charge in [-0.1, -0.05) is 196 Å². The van der Waals surface area contributed by atoms with Crippen molar-refractivity contribution in [3.05, 3.63) is 192 Å². The average molecular weight is 1030 g/mol. The Hall–Kier alpha value is -6.09. The van der Waals surface area contributed by atoms with Crippen molar-refractivity contribution < 1.29 is 27.5 Å². The maximum absolute atomic E-state index is 12.4. The largest absolute Gasteiger partial charge is 0.507 e. The van der Waals surface area contributed by atoms with Crippen LogP contribution >= 0.6 is 0 Å². The molecule has 65 heavy (non-hydrogen) atoms. The Kier molecular flexibility index (Phi) is 11.8. The molecule has 5 heteroatoms. The van der Waals surface area contributed by atoms with E-state index < -0.39 is 5.89 Å². The molecule has 0 fully saturated rings. The molecule has 4 nitrogen and oxygen atoms in total. The van der Waals surface area contributed by atoms with Crippen molar-refractivity contribution in [2.75, 3.05) is 0 Å². The van der Waals surface area contributed by atoms with Gasteiger partial charge in [0.25, 0.3) is 0 Å². The SMILES string of the molecule is [2H]C(C)(c1ccccc1)c1ccc(-c2ccnc(-c3[c-]c(-c4cccc5c4nc(-c4cc(C(C)(C)C)cc(C(C)(C)C)c4O)n5-c4cccc5ccccc45)cc(C(C)(C)C)c3)c2)cc1.[Pt]. The van der Waals surface area contributed by atoms with Gasteiger partial charge < -0.3 is 5.11 Å². The molecule has 2 aromatic heterocycles. The van der Waals surface area contributed by atoms with Gasteiger partial charge in [0.1, 0.15) is 11.6 Å². The molecule has 7 aromatic carbocycles. The molecular formula is C60H58N3OPt-. The van der Waals surface area contributed by atoms with Gasteiger partial charge in [0.15, 0.2) is 0 Å². The molecule has 1 unspecified atom stereocenters. The minimum atomic E-state index is -0.873. The standard InChI is InChI=1S/C60H58N3O.Pt/c1-38(39-18-12-11-13-19-39)40-26-28-41(29-27-40)43-30-31-61-52(35-43)45-32-44(33-46(34-45)58(2,3)4)49-23-17-25-54-55(49)62-57(63(54)53-24-16-21-42-20-14-15-22-48(42)53)50-36-47(59(5,6)7)37-51(56(50)64)60(8,9)10;/h11-31,33-38,64H,1-10H3;/q-1;/i38D;. The van der Waals surface area contributed by atoms with Crippen LogP contribution in [0.1, 0.15) is 104 Å². The summed E-state index contributed by atoms with van der Waals surface area (Å²) >= 11 is 0. The van der Waals surface area contributed by atoms with Gasteiger partial charge in [0, 0.05) is 51.2 Å². The third-order valence-corrected chi connectivity index (χ3v) is 12.6. The van der Waals surface area contributed by atoms with Crippen molar-refractivity contribution in [1.29, 1.82) is 0 Å². The van der Waals surface area contributed by atoms with E-state index in [-0.39, 0.29) is 43.1 Å². The zero-order valence-corrected chi connectivity index (χ0v) is 41.4. The van der Waals surface area contributed by atoms with Crippen LogP contribution in [0.3, 0.4) is 0 Å². The molecule has 0 saturated heterocycles. The van der Waals surface area contributed by atoms with E-state index in [2.05, 4.69) is 188 Å². The van der Waals surface area contributed by atoms with E-state index in [9.17, 15) is 6.48 Å². The van der Waals surface area contributed by atoms with Crippen LogP contribution in [-0.2, 0) is 37.3 Å². The Morgan fingerprint density at radius 3 is 1.94 bits per heavy atom. The van der Waals surface area contributed by atoms with Gasteiger partial charge in [0.05, 0.1) is 22.3 Å². The number of imidazole rings is 1. The number of nitrogens with zero attached hydrogens (tertiary/aromatic N) is 3. The van der Waals surface area contributed by atoms with E-state index >= 15 is 0 Å². The number of rotatable bonds is 7. The summed E-state index contributed by atoms with van der Waals surface area (Å²) in [6, 6.07) is 56.4. The fourth-order valence-corrected chi connectivity index (χ4v) is 8.76. The molecular weight excluding hydrogens is 974 g/mol. The molecule has 0 aliphatic carbocycles. The van der Waals surface area contributed by atoms with Crippen LogP contribution in [0.25, 0.3) is 72.4 Å². The smallest absolute Gasteiger partial charge is 0.148 e. The summed E-state index contributed by atoms with van der Waals surface area (Å²) in [7, 11) is 0. The van der Waals surface area contributed by atoms with Gasteiger partial charge in [0.2, 0.25) is 0 Å². The van der Waals surface area contributed by atoms with E-state index in [1.807, 2.05) is 49.5 Å². The van der Waals surface area contributed by atoms with Crippen molar-refractivity contribution in [2.24, 2.45) is 0 Å². The number of aromatic hydroxyl groups is 1. The second-order valence-electron chi connectivity index (χ2n) is 20.3. The van der Waals surface area contributed by atoms with Crippen LogP contribution in [0.2, 0.25) is 0 Å². The number of pyridine rings is 1. The van der Waals surface area contributed by atoms with Gasteiger partial charge in [-0.05, 0) is 73.7 Å². The first-order chi connectivity index (χ1) is 30.8. The zero-order chi connectivity index (χ0) is 46.1. The van der Waals surface area contributed by atoms with Gasteiger partial charge in [-0.3, -0.25) is 9.55 Å². The fraction of sp³-hybridized carbons (Fsp3) is 0.233. The van der Waals surface area contributed by atoms with Gasteiger partial charge in [-0.2, -0.15) is 0 Å². The number of benzene rings is 7. The Balaban J connectivity index is 0.00000592. The normalized spacial score (nSPS) is 13.4. The Bertz CT molecular complexity index is 3230. The number of para-hydroxylation sites is 1. The fourth-order valence-electron chi connectivity index (χ4n) is 8.76. The molecule has 2 heterocycles. The zero-order valence-electron chi connectivity index (χ0n) is 40.1. The molecule has 0 radical (unpaired) electrons. The van der Waals surface area contributed by atoms with Gasteiger partial charge in [-0.25, -0.2) is 4.98 Å². The summed E-state index contributed by atoms with van der Waals surface area (Å²) in [6.45, 7) is 21.8. The average Bonchev–Trinajstić information content (AvgIpc) is 3.67. The van der Waals surface area contributed by atoms with Gasteiger partial charge >= 0.3 is 0 Å². The molecule has 0 saturated carbocycles. The quantitative estimate of drug-likeness (QED) is 0.162.